The molecule has 2 fully saturated rings. The third-order valence-electron chi connectivity index (χ3n) is 11.5. The number of allylic oxidation sites excluding steroid dienone is 1. The number of fused-ring (bicyclic) bond motifs is 4. The molecule has 0 amide bonds. The number of rotatable bonds is 6. The van der Waals surface area contributed by atoms with Crippen molar-refractivity contribution >= 4 is 29.1 Å². The summed E-state index contributed by atoms with van der Waals surface area (Å²) in [5.74, 6) is -2.62. The number of ether oxygens (including phenoxy) is 1. The number of Topliss-reactive ketones (excluding diaryl/α,β-unsaturated/α-hetero) is 4. The lowest BCUT2D eigenvalue weighted by Gasteiger charge is -2.60. The molecule has 8 atom stereocenters. The summed E-state index contributed by atoms with van der Waals surface area (Å²) in [5, 5.41) is 23.3. The first-order valence-corrected chi connectivity index (χ1v) is 14.1. The van der Waals surface area contributed by atoms with E-state index in [0.717, 1.165) is 0 Å². The van der Waals surface area contributed by atoms with Crippen LogP contribution in [-0.2, 0) is 28.7 Å². The number of methoxy groups -OCH3 is 1. The number of aliphatic hydroxyl groups is 2. The zero-order valence-electron chi connectivity index (χ0n) is 24.6. The molecule has 4 rings (SSSR count). The van der Waals surface area contributed by atoms with Gasteiger partial charge in [0, 0.05) is 54.4 Å². The maximum Gasteiger partial charge on any atom is 0.308 e. The zero-order chi connectivity index (χ0) is 29.5. The molecule has 8 heteroatoms. The van der Waals surface area contributed by atoms with E-state index in [4.69, 9.17) is 4.74 Å². The Labute approximate surface area is 230 Å². The quantitative estimate of drug-likeness (QED) is 0.485. The van der Waals surface area contributed by atoms with Crippen LogP contribution in [0.1, 0.15) is 93.4 Å². The number of aliphatic hydroxyl groups excluding tert-OH is 1. The second-order valence-corrected chi connectivity index (χ2v) is 14.2. The lowest BCUT2D eigenvalue weighted by atomic mass is 9.42. The fourth-order valence-corrected chi connectivity index (χ4v) is 9.17. The van der Waals surface area contributed by atoms with Crippen LogP contribution in [0, 0.1) is 39.4 Å². The number of hydrogen-bond donors (Lipinski definition) is 2. The Bertz CT molecular complexity index is 1180. The van der Waals surface area contributed by atoms with E-state index in [-0.39, 0.29) is 61.2 Å². The Morgan fingerprint density at radius 3 is 2.31 bits per heavy atom. The smallest absolute Gasteiger partial charge is 0.308 e. The van der Waals surface area contributed by atoms with Crippen molar-refractivity contribution in [3.8, 4) is 0 Å². The zero-order valence-corrected chi connectivity index (χ0v) is 24.6. The van der Waals surface area contributed by atoms with E-state index < -0.39 is 51.2 Å². The van der Waals surface area contributed by atoms with E-state index >= 15 is 0 Å². The number of carbonyl (C=O) groups excluding carboxylic acids is 5. The monoisotopic (exact) mass is 544 g/mol. The van der Waals surface area contributed by atoms with Crippen LogP contribution in [-0.4, -0.2) is 58.1 Å². The normalized spacial score (nSPS) is 39.8. The van der Waals surface area contributed by atoms with Gasteiger partial charge in [-0.25, -0.2) is 0 Å². The van der Waals surface area contributed by atoms with Crippen LogP contribution in [0.3, 0.4) is 0 Å². The second-order valence-electron chi connectivity index (χ2n) is 14.2. The van der Waals surface area contributed by atoms with Crippen LogP contribution in [0.25, 0.3) is 0 Å². The fourth-order valence-electron chi connectivity index (χ4n) is 9.17. The van der Waals surface area contributed by atoms with Gasteiger partial charge in [-0.2, -0.15) is 0 Å². The van der Waals surface area contributed by atoms with E-state index in [2.05, 4.69) is 0 Å². The number of hydrogen-bond acceptors (Lipinski definition) is 8. The average Bonchev–Trinajstić information content (AvgIpc) is 3.03. The van der Waals surface area contributed by atoms with Crippen molar-refractivity contribution in [1.29, 1.82) is 0 Å². The maximum atomic E-state index is 14.1. The highest BCUT2D eigenvalue weighted by Gasteiger charge is 2.71. The van der Waals surface area contributed by atoms with Gasteiger partial charge in [-0.15, -0.1) is 0 Å². The maximum absolute atomic E-state index is 14.1. The molecule has 0 aromatic heterocycles. The van der Waals surface area contributed by atoms with Crippen LogP contribution < -0.4 is 0 Å². The standard InChI is InChI=1S/C31H44O8/c1-16(26(37)39-8)11-17(32)14-30(6,38)21-13-23(36)31(7)25-18(33)12-20-27(2,3)22(35)9-10-28(20,4)24(25)19(34)15-29(21,31)5/h16,18,20-21,33,38H,9-15H2,1-8H3/t16-,18+,20+,21+,28+,29-,30+,31+/m1/s1. The first kappa shape index (κ1) is 29.8. The lowest BCUT2D eigenvalue weighted by molar-refractivity contribution is -0.150. The van der Waals surface area contributed by atoms with Crippen LogP contribution in [0.15, 0.2) is 11.1 Å². The van der Waals surface area contributed by atoms with Crippen LogP contribution in [0.5, 0.6) is 0 Å². The second kappa shape index (κ2) is 9.16. The summed E-state index contributed by atoms with van der Waals surface area (Å²) in [7, 11) is 1.25. The number of carbonyl (C=O) groups is 5. The Hall–Kier alpha value is -2.19. The minimum atomic E-state index is -1.61. The van der Waals surface area contributed by atoms with Crippen LogP contribution in [0.4, 0.5) is 0 Å². The Kier molecular flexibility index (Phi) is 7.00. The molecular weight excluding hydrogens is 500 g/mol. The number of esters is 1. The van der Waals surface area contributed by atoms with Crippen molar-refractivity contribution in [2.75, 3.05) is 7.11 Å². The van der Waals surface area contributed by atoms with E-state index in [9.17, 15) is 34.2 Å². The summed E-state index contributed by atoms with van der Waals surface area (Å²) >= 11 is 0. The van der Waals surface area contributed by atoms with Crippen LogP contribution in [0.2, 0.25) is 0 Å². The molecule has 0 radical (unpaired) electrons. The molecule has 39 heavy (non-hydrogen) atoms. The Morgan fingerprint density at radius 1 is 1.10 bits per heavy atom. The molecule has 4 aliphatic rings. The molecule has 0 spiro atoms. The van der Waals surface area contributed by atoms with Gasteiger partial charge in [-0.05, 0) is 43.6 Å². The van der Waals surface area contributed by atoms with Gasteiger partial charge in [0.25, 0.3) is 0 Å². The lowest BCUT2D eigenvalue weighted by Crippen LogP contribution is -2.60. The third-order valence-corrected chi connectivity index (χ3v) is 11.5. The highest BCUT2D eigenvalue weighted by atomic mass is 16.5. The van der Waals surface area contributed by atoms with Gasteiger partial charge in [0.05, 0.1) is 30.1 Å². The molecule has 0 aromatic carbocycles. The van der Waals surface area contributed by atoms with Gasteiger partial charge < -0.3 is 14.9 Å². The highest BCUT2D eigenvalue weighted by molar-refractivity contribution is 6.05. The minimum absolute atomic E-state index is 0.00501. The minimum Gasteiger partial charge on any atom is -0.469 e. The summed E-state index contributed by atoms with van der Waals surface area (Å²) in [4.78, 5) is 65.6. The largest absolute Gasteiger partial charge is 0.469 e. The molecule has 0 bridgehead atoms. The molecule has 0 saturated heterocycles. The highest BCUT2D eigenvalue weighted by Crippen LogP contribution is 2.70. The van der Waals surface area contributed by atoms with Crippen LogP contribution >= 0.6 is 0 Å². The average molecular weight is 545 g/mol. The number of ketones is 4. The molecule has 216 valence electrons. The summed E-state index contributed by atoms with van der Waals surface area (Å²) in [6.07, 6.45) is -0.337. The van der Waals surface area contributed by atoms with Gasteiger partial charge in [0.2, 0.25) is 0 Å². The molecule has 0 aliphatic heterocycles. The third kappa shape index (κ3) is 4.03. The summed E-state index contributed by atoms with van der Waals surface area (Å²) < 4.78 is 4.71. The molecule has 0 aromatic rings. The summed E-state index contributed by atoms with van der Waals surface area (Å²) in [6, 6.07) is 0. The van der Waals surface area contributed by atoms with Gasteiger partial charge in [-0.1, -0.05) is 34.6 Å². The molecule has 2 N–H and O–H groups in total. The topological polar surface area (TPSA) is 135 Å². The van der Waals surface area contributed by atoms with Crippen molar-refractivity contribution < 1.29 is 38.9 Å². The van der Waals surface area contributed by atoms with Crippen molar-refractivity contribution in [3.63, 3.8) is 0 Å². The van der Waals surface area contributed by atoms with Crippen molar-refractivity contribution in [3.05, 3.63) is 11.1 Å². The molecule has 8 nitrogen and oxygen atoms in total. The van der Waals surface area contributed by atoms with E-state index in [1.165, 1.54) is 14.0 Å². The molecular formula is C31H44O8. The SMILES string of the molecule is COC(=O)[C@H](C)CC(=O)C[C@](C)(O)[C@H]1CC(=O)[C@@]2(C)C3=C(C(=O)C[C@]12C)[C@@]1(C)CCC(=O)C(C)(C)[C@@H]1C[C@@H]3O. The van der Waals surface area contributed by atoms with Crippen molar-refractivity contribution in [2.45, 2.75) is 105 Å². The fraction of sp³-hybridized carbons (Fsp3) is 0.774. The van der Waals surface area contributed by atoms with Crippen molar-refractivity contribution in [1.82, 2.24) is 0 Å². The first-order chi connectivity index (χ1) is 17.8. The van der Waals surface area contributed by atoms with Gasteiger partial charge in [-0.3, -0.25) is 24.0 Å². The first-order valence-electron chi connectivity index (χ1n) is 14.1. The van der Waals surface area contributed by atoms with E-state index in [1.807, 2.05) is 27.7 Å². The van der Waals surface area contributed by atoms with E-state index in [1.54, 1.807) is 13.8 Å². The molecule has 0 heterocycles. The van der Waals surface area contributed by atoms with Crippen molar-refractivity contribution in [2.24, 2.45) is 39.4 Å². The molecule has 4 aliphatic carbocycles. The van der Waals surface area contributed by atoms with E-state index in [0.29, 0.717) is 24.0 Å². The predicted octanol–water partition coefficient (Wildman–Crippen LogP) is 3.54. The summed E-state index contributed by atoms with van der Waals surface area (Å²) in [5.41, 5.74) is -4.23. The van der Waals surface area contributed by atoms with Gasteiger partial charge in [0.15, 0.2) is 5.78 Å². The molecule has 0 unspecified atom stereocenters. The molecule has 2 saturated carbocycles. The van der Waals surface area contributed by atoms with Gasteiger partial charge in [0.1, 0.15) is 17.3 Å². The predicted molar refractivity (Wildman–Crippen MR) is 142 cm³/mol. The summed E-state index contributed by atoms with van der Waals surface area (Å²) in [6.45, 7) is 12.5. The Balaban J connectivity index is 1.76. The van der Waals surface area contributed by atoms with Gasteiger partial charge >= 0.3 is 5.97 Å². The Morgan fingerprint density at radius 2 is 1.72 bits per heavy atom.